The molecule has 6 nitrogen and oxygen atoms in total. The lowest BCUT2D eigenvalue weighted by Crippen LogP contribution is -2.46. The molecule has 1 aromatic heterocycles. The minimum absolute atomic E-state index is 0.0312. The van der Waals surface area contributed by atoms with Gasteiger partial charge in [-0.25, -0.2) is 0 Å². The first kappa shape index (κ1) is 18.0. The quantitative estimate of drug-likeness (QED) is 0.853. The summed E-state index contributed by atoms with van der Waals surface area (Å²) in [5.41, 5.74) is 1.04. The van der Waals surface area contributed by atoms with Gasteiger partial charge in [0.15, 0.2) is 5.76 Å². The third-order valence-corrected chi connectivity index (χ3v) is 5.30. The van der Waals surface area contributed by atoms with Crippen LogP contribution in [0.25, 0.3) is 0 Å². The summed E-state index contributed by atoms with van der Waals surface area (Å²) in [6.07, 6.45) is 4.78. The predicted molar refractivity (Wildman–Crippen MR) is 95.5 cm³/mol. The molecule has 2 unspecified atom stereocenters. The van der Waals surface area contributed by atoms with Crippen molar-refractivity contribution in [3.63, 3.8) is 0 Å². The predicted octanol–water partition coefficient (Wildman–Crippen LogP) is 1.87. The Kier molecular flexibility index (Phi) is 5.78. The Bertz CT molecular complexity index is 619. The van der Waals surface area contributed by atoms with E-state index in [-0.39, 0.29) is 17.9 Å². The van der Waals surface area contributed by atoms with Gasteiger partial charge in [-0.3, -0.25) is 9.59 Å². The SMILES string of the molecule is CCc1oc(C(=O)N2CCCC(CNC(=O)C3CCCN3)C2)cc1C. The smallest absolute Gasteiger partial charge is 0.289 e. The van der Waals surface area contributed by atoms with Crippen LogP contribution in [0.5, 0.6) is 0 Å². The van der Waals surface area contributed by atoms with E-state index in [0.29, 0.717) is 24.8 Å². The van der Waals surface area contributed by atoms with E-state index in [9.17, 15) is 9.59 Å². The molecule has 2 fully saturated rings. The number of nitrogens with zero attached hydrogens (tertiary/aromatic N) is 1. The van der Waals surface area contributed by atoms with Crippen molar-refractivity contribution in [1.82, 2.24) is 15.5 Å². The van der Waals surface area contributed by atoms with Crippen LogP contribution >= 0.6 is 0 Å². The van der Waals surface area contributed by atoms with Crippen LogP contribution < -0.4 is 10.6 Å². The van der Waals surface area contributed by atoms with Gasteiger partial charge in [-0.1, -0.05) is 6.92 Å². The Balaban J connectivity index is 1.53. The van der Waals surface area contributed by atoms with Crippen LogP contribution in [0.3, 0.4) is 0 Å². The highest BCUT2D eigenvalue weighted by Gasteiger charge is 2.28. The van der Waals surface area contributed by atoms with Gasteiger partial charge in [0.1, 0.15) is 5.76 Å². The number of furan rings is 1. The molecule has 0 aromatic carbocycles. The summed E-state index contributed by atoms with van der Waals surface area (Å²) in [7, 11) is 0. The molecule has 0 aliphatic carbocycles. The lowest BCUT2D eigenvalue weighted by molar-refractivity contribution is -0.123. The number of hydrogen-bond donors (Lipinski definition) is 2. The van der Waals surface area contributed by atoms with E-state index in [2.05, 4.69) is 10.6 Å². The lowest BCUT2D eigenvalue weighted by atomic mass is 9.97. The minimum Gasteiger partial charge on any atom is -0.456 e. The molecule has 2 saturated heterocycles. The Morgan fingerprint density at radius 1 is 1.36 bits per heavy atom. The molecule has 138 valence electrons. The normalized spacial score (nSPS) is 23.7. The van der Waals surface area contributed by atoms with Crippen LogP contribution in [-0.2, 0) is 11.2 Å². The maximum atomic E-state index is 12.7. The van der Waals surface area contributed by atoms with Crippen molar-refractivity contribution in [3.8, 4) is 0 Å². The summed E-state index contributed by atoms with van der Waals surface area (Å²) in [5.74, 6) is 1.69. The third kappa shape index (κ3) is 4.24. The molecule has 6 heteroatoms. The Labute approximate surface area is 149 Å². The number of amides is 2. The van der Waals surface area contributed by atoms with Crippen molar-refractivity contribution in [2.24, 2.45) is 5.92 Å². The van der Waals surface area contributed by atoms with Crippen LogP contribution in [0.2, 0.25) is 0 Å². The maximum absolute atomic E-state index is 12.7. The van der Waals surface area contributed by atoms with Crippen LogP contribution in [0.15, 0.2) is 10.5 Å². The van der Waals surface area contributed by atoms with E-state index < -0.39 is 0 Å². The number of rotatable bonds is 5. The minimum atomic E-state index is -0.0418. The Hall–Kier alpha value is -1.82. The Morgan fingerprint density at radius 2 is 2.20 bits per heavy atom. The van der Waals surface area contributed by atoms with Crippen LogP contribution in [0, 0.1) is 12.8 Å². The zero-order chi connectivity index (χ0) is 17.8. The average Bonchev–Trinajstić information content (AvgIpc) is 3.29. The van der Waals surface area contributed by atoms with E-state index in [0.717, 1.165) is 56.5 Å². The van der Waals surface area contributed by atoms with E-state index >= 15 is 0 Å². The number of hydrogen-bond acceptors (Lipinski definition) is 4. The fourth-order valence-electron chi connectivity index (χ4n) is 3.82. The molecule has 1 aromatic rings. The number of likely N-dealkylation sites (tertiary alicyclic amines) is 1. The maximum Gasteiger partial charge on any atom is 0.289 e. The van der Waals surface area contributed by atoms with Crippen LogP contribution in [0.1, 0.15) is 54.5 Å². The van der Waals surface area contributed by atoms with Gasteiger partial charge in [0.25, 0.3) is 5.91 Å². The van der Waals surface area contributed by atoms with Gasteiger partial charge in [-0.2, -0.15) is 0 Å². The molecule has 0 spiro atoms. The molecule has 2 amide bonds. The molecule has 3 heterocycles. The summed E-state index contributed by atoms with van der Waals surface area (Å²) < 4.78 is 5.71. The van der Waals surface area contributed by atoms with Gasteiger partial charge in [0.2, 0.25) is 5.91 Å². The highest BCUT2D eigenvalue weighted by atomic mass is 16.4. The number of carbonyl (C=O) groups is 2. The Morgan fingerprint density at radius 3 is 2.88 bits per heavy atom. The highest BCUT2D eigenvalue weighted by molar-refractivity contribution is 5.92. The van der Waals surface area contributed by atoms with Gasteiger partial charge in [0.05, 0.1) is 6.04 Å². The van der Waals surface area contributed by atoms with Gasteiger partial charge >= 0.3 is 0 Å². The molecule has 0 bridgehead atoms. The summed E-state index contributed by atoms with van der Waals surface area (Å²) >= 11 is 0. The first-order valence-corrected chi connectivity index (χ1v) is 9.48. The fraction of sp³-hybridized carbons (Fsp3) is 0.684. The molecule has 2 aliphatic rings. The molecular weight excluding hydrogens is 318 g/mol. The van der Waals surface area contributed by atoms with E-state index in [1.807, 2.05) is 24.8 Å². The van der Waals surface area contributed by atoms with Crippen molar-refractivity contribution < 1.29 is 14.0 Å². The average molecular weight is 347 g/mol. The van der Waals surface area contributed by atoms with Crippen molar-refractivity contribution in [1.29, 1.82) is 0 Å². The number of nitrogens with one attached hydrogen (secondary N) is 2. The van der Waals surface area contributed by atoms with Gasteiger partial charge in [-0.05, 0) is 56.7 Å². The number of piperidine rings is 1. The lowest BCUT2D eigenvalue weighted by Gasteiger charge is -2.32. The largest absolute Gasteiger partial charge is 0.456 e. The zero-order valence-corrected chi connectivity index (χ0v) is 15.3. The fourth-order valence-corrected chi connectivity index (χ4v) is 3.82. The van der Waals surface area contributed by atoms with E-state index in [1.165, 1.54) is 0 Å². The summed E-state index contributed by atoms with van der Waals surface area (Å²) in [6, 6.07) is 1.80. The monoisotopic (exact) mass is 347 g/mol. The van der Waals surface area contributed by atoms with Crippen molar-refractivity contribution in [2.75, 3.05) is 26.2 Å². The number of aryl methyl sites for hydroxylation is 2. The third-order valence-electron chi connectivity index (χ3n) is 5.30. The molecule has 2 N–H and O–H groups in total. The molecule has 3 rings (SSSR count). The standard InChI is InChI=1S/C19H29N3O3/c1-3-16-13(2)10-17(25-16)19(24)22-9-5-6-14(12-22)11-21-18(23)15-7-4-8-20-15/h10,14-15,20H,3-9,11-12H2,1-2H3,(H,21,23). The van der Waals surface area contributed by atoms with E-state index in [4.69, 9.17) is 4.42 Å². The molecule has 2 aliphatic heterocycles. The molecular formula is C19H29N3O3. The summed E-state index contributed by atoms with van der Waals surface area (Å²) in [5, 5.41) is 6.27. The van der Waals surface area contributed by atoms with Crippen molar-refractivity contribution >= 4 is 11.8 Å². The number of carbonyl (C=O) groups excluding carboxylic acids is 2. The van der Waals surface area contributed by atoms with Crippen molar-refractivity contribution in [2.45, 2.75) is 52.0 Å². The molecule has 0 saturated carbocycles. The summed E-state index contributed by atoms with van der Waals surface area (Å²) in [6.45, 7) is 7.00. The topological polar surface area (TPSA) is 74.6 Å². The summed E-state index contributed by atoms with van der Waals surface area (Å²) in [4.78, 5) is 26.7. The molecule has 25 heavy (non-hydrogen) atoms. The second-order valence-corrected chi connectivity index (χ2v) is 7.22. The molecule has 2 atom stereocenters. The first-order chi connectivity index (χ1) is 12.1. The van der Waals surface area contributed by atoms with Gasteiger partial charge in [-0.15, -0.1) is 0 Å². The highest BCUT2D eigenvalue weighted by Crippen LogP contribution is 2.21. The van der Waals surface area contributed by atoms with Crippen LogP contribution in [0.4, 0.5) is 0 Å². The van der Waals surface area contributed by atoms with Gasteiger partial charge in [0, 0.05) is 26.1 Å². The van der Waals surface area contributed by atoms with Gasteiger partial charge < -0.3 is 20.0 Å². The molecule has 0 radical (unpaired) electrons. The first-order valence-electron chi connectivity index (χ1n) is 9.48. The second kappa shape index (κ2) is 8.04. The van der Waals surface area contributed by atoms with Crippen molar-refractivity contribution in [3.05, 3.63) is 23.2 Å². The zero-order valence-electron chi connectivity index (χ0n) is 15.3. The van der Waals surface area contributed by atoms with E-state index in [1.54, 1.807) is 0 Å². The van der Waals surface area contributed by atoms with Crippen LogP contribution in [-0.4, -0.2) is 48.9 Å². The second-order valence-electron chi connectivity index (χ2n) is 7.22.